The first-order valence-electron chi connectivity index (χ1n) is 23.0. The average Bonchev–Trinajstić information content (AvgIpc) is 3.93. The van der Waals surface area contributed by atoms with Gasteiger partial charge in [0.15, 0.2) is 11.6 Å². The van der Waals surface area contributed by atoms with Crippen molar-refractivity contribution in [3.8, 4) is 78.9 Å². The van der Waals surface area contributed by atoms with Crippen molar-refractivity contribution < 1.29 is 0 Å². The predicted molar refractivity (Wildman–Crippen MR) is 281 cm³/mol. The molecule has 0 aliphatic carbocycles. The van der Waals surface area contributed by atoms with Crippen LogP contribution in [0.15, 0.2) is 249 Å². The molecule has 0 saturated heterocycles. The predicted octanol–water partition coefficient (Wildman–Crippen LogP) is 16.1. The monoisotopic (exact) mass is 867 g/mol. The van der Waals surface area contributed by atoms with Gasteiger partial charge in [0.2, 0.25) is 5.95 Å². The van der Waals surface area contributed by atoms with Crippen LogP contribution in [0.3, 0.4) is 0 Å². The van der Waals surface area contributed by atoms with Gasteiger partial charge in [-0.25, -0.2) is 4.98 Å². The minimum absolute atomic E-state index is 0.553. The van der Waals surface area contributed by atoms with Gasteiger partial charge in [0.1, 0.15) is 0 Å². The lowest BCUT2D eigenvalue weighted by atomic mass is 10.0. The first-order chi connectivity index (χ1) is 33.7. The van der Waals surface area contributed by atoms with Crippen LogP contribution >= 0.6 is 0 Å². The van der Waals surface area contributed by atoms with E-state index in [1.807, 2.05) is 18.2 Å². The molecule has 0 saturated carbocycles. The molecule has 0 unspecified atom stereocenters. The van der Waals surface area contributed by atoms with E-state index in [-0.39, 0.29) is 0 Å². The second-order valence-electron chi connectivity index (χ2n) is 17.3. The van der Waals surface area contributed by atoms with Crippen molar-refractivity contribution in [3.05, 3.63) is 249 Å². The molecular weight excluding hydrogens is 827 g/mol. The third-order valence-electron chi connectivity index (χ3n) is 13.2. The standard InChI is InChI=1S/C63H41N5/c1-6-16-42(17-7-1)48-28-34-53-54-35-29-49(43-18-8-2-9-19-43)39-58(54)67(57(53)38-48)52-32-26-47(27-33-52)62-64-61(46-24-14-5-15-25-46)65-63(66-62)68-59-40-50(44-20-10-3-11-21-44)30-36-55(59)56-37-31-51(41-60(56)68)45-22-12-4-13-23-45/h1-41H. The quantitative estimate of drug-likeness (QED) is 0.153. The molecule has 5 heteroatoms. The molecule has 10 aromatic carbocycles. The van der Waals surface area contributed by atoms with Crippen LogP contribution in [0.2, 0.25) is 0 Å². The summed E-state index contributed by atoms with van der Waals surface area (Å²) >= 11 is 0. The molecule has 0 aliphatic rings. The second-order valence-corrected chi connectivity index (χ2v) is 17.3. The number of hydrogen-bond donors (Lipinski definition) is 0. The van der Waals surface area contributed by atoms with Gasteiger partial charge in [-0.3, -0.25) is 4.57 Å². The Hall–Kier alpha value is -9.19. The highest BCUT2D eigenvalue weighted by Gasteiger charge is 2.21. The molecule has 0 bridgehead atoms. The Balaban J connectivity index is 1.01. The van der Waals surface area contributed by atoms with Crippen LogP contribution in [0.1, 0.15) is 0 Å². The maximum atomic E-state index is 5.39. The van der Waals surface area contributed by atoms with Crippen molar-refractivity contribution in [3.63, 3.8) is 0 Å². The van der Waals surface area contributed by atoms with E-state index in [2.05, 4.69) is 240 Å². The second kappa shape index (κ2) is 16.4. The summed E-state index contributed by atoms with van der Waals surface area (Å²) in [6, 6.07) is 88.3. The minimum Gasteiger partial charge on any atom is -0.309 e. The molecule has 3 aromatic heterocycles. The van der Waals surface area contributed by atoms with Gasteiger partial charge in [-0.15, -0.1) is 0 Å². The Kier molecular flexibility index (Phi) is 9.43. The van der Waals surface area contributed by atoms with Gasteiger partial charge in [-0.1, -0.05) is 200 Å². The molecular formula is C63H41N5. The zero-order chi connectivity index (χ0) is 45.0. The maximum Gasteiger partial charge on any atom is 0.238 e. The molecule has 0 aliphatic heterocycles. The molecule has 5 nitrogen and oxygen atoms in total. The van der Waals surface area contributed by atoms with E-state index in [1.54, 1.807) is 0 Å². The highest BCUT2D eigenvalue weighted by Crippen LogP contribution is 2.39. The Labute approximate surface area is 393 Å². The molecule has 0 N–H and O–H groups in total. The van der Waals surface area contributed by atoms with Crippen molar-refractivity contribution >= 4 is 43.6 Å². The molecule has 0 fully saturated rings. The van der Waals surface area contributed by atoms with E-state index in [0.29, 0.717) is 17.6 Å². The van der Waals surface area contributed by atoms with Crippen molar-refractivity contribution in [1.82, 2.24) is 24.1 Å². The fourth-order valence-electron chi connectivity index (χ4n) is 9.84. The SMILES string of the molecule is c1ccc(-c2ccc3c4ccc(-c5ccccc5)cc4n(-c4ccc(-c5nc(-c6ccccc6)nc(-n6c7cc(-c8ccccc8)ccc7c7ccc(-c8ccccc8)cc76)n5)cc4)c3c2)cc1. The van der Waals surface area contributed by atoms with Gasteiger partial charge in [0.05, 0.1) is 22.1 Å². The largest absolute Gasteiger partial charge is 0.309 e. The van der Waals surface area contributed by atoms with E-state index in [9.17, 15) is 0 Å². The van der Waals surface area contributed by atoms with E-state index in [1.165, 1.54) is 33.0 Å². The minimum atomic E-state index is 0.553. The third kappa shape index (κ3) is 6.84. The molecule has 13 aromatic rings. The molecule has 0 spiro atoms. The van der Waals surface area contributed by atoms with E-state index in [4.69, 9.17) is 15.0 Å². The van der Waals surface area contributed by atoms with Gasteiger partial charge in [0, 0.05) is 38.4 Å². The van der Waals surface area contributed by atoms with E-state index < -0.39 is 0 Å². The maximum absolute atomic E-state index is 5.39. The number of rotatable bonds is 8. The molecule has 318 valence electrons. The summed E-state index contributed by atoms with van der Waals surface area (Å²) in [6.07, 6.45) is 0. The normalized spacial score (nSPS) is 11.5. The lowest BCUT2D eigenvalue weighted by Gasteiger charge is -2.13. The molecule has 0 amide bonds. The van der Waals surface area contributed by atoms with Crippen molar-refractivity contribution in [2.75, 3.05) is 0 Å². The molecule has 3 heterocycles. The number of hydrogen-bond acceptors (Lipinski definition) is 3. The van der Waals surface area contributed by atoms with Crippen LogP contribution in [0.5, 0.6) is 0 Å². The zero-order valence-corrected chi connectivity index (χ0v) is 36.9. The van der Waals surface area contributed by atoms with Gasteiger partial charge in [-0.05, 0) is 93.0 Å². The zero-order valence-electron chi connectivity index (χ0n) is 36.9. The van der Waals surface area contributed by atoms with Crippen molar-refractivity contribution in [2.45, 2.75) is 0 Å². The van der Waals surface area contributed by atoms with Crippen molar-refractivity contribution in [2.24, 2.45) is 0 Å². The summed E-state index contributed by atoms with van der Waals surface area (Å²) in [5.41, 5.74) is 16.4. The van der Waals surface area contributed by atoms with Crippen LogP contribution in [0.25, 0.3) is 123 Å². The Morgan fingerprint density at radius 1 is 0.221 bits per heavy atom. The number of fused-ring (bicyclic) bond motifs is 6. The van der Waals surface area contributed by atoms with E-state index >= 15 is 0 Å². The van der Waals surface area contributed by atoms with Gasteiger partial charge in [0.25, 0.3) is 0 Å². The smallest absolute Gasteiger partial charge is 0.238 e. The van der Waals surface area contributed by atoms with Gasteiger partial charge in [-0.2, -0.15) is 9.97 Å². The lowest BCUT2D eigenvalue weighted by molar-refractivity contribution is 0.953. The lowest BCUT2D eigenvalue weighted by Crippen LogP contribution is -2.06. The Bertz CT molecular complexity index is 3780. The summed E-state index contributed by atoms with van der Waals surface area (Å²) in [6.45, 7) is 0. The van der Waals surface area contributed by atoms with Crippen LogP contribution in [0, 0.1) is 0 Å². The topological polar surface area (TPSA) is 48.5 Å². The summed E-state index contributed by atoms with van der Waals surface area (Å²) in [5.74, 6) is 1.75. The fraction of sp³-hybridized carbons (Fsp3) is 0. The van der Waals surface area contributed by atoms with E-state index in [0.717, 1.165) is 71.9 Å². The van der Waals surface area contributed by atoms with Crippen LogP contribution in [0.4, 0.5) is 0 Å². The van der Waals surface area contributed by atoms with Crippen molar-refractivity contribution in [1.29, 1.82) is 0 Å². The first kappa shape index (κ1) is 39.2. The summed E-state index contributed by atoms with van der Waals surface area (Å²) in [7, 11) is 0. The molecule has 68 heavy (non-hydrogen) atoms. The molecule has 0 radical (unpaired) electrons. The summed E-state index contributed by atoms with van der Waals surface area (Å²) in [5, 5.41) is 4.66. The third-order valence-corrected chi connectivity index (χ3v) is 13.2. The summed E-state index contributed by atoms with van der Waals surface area (Å²) in [4.78, 5) is 15.9. The van der Waals surface area contributed by atoms with Crippen LogP contribution in [-0.4, -0.2) is 24.1 Å². The van der Waals surface area contributed by atoms with Gasteiger partial charge >= 0.3 is 0 Å². The first-order valence-corrected chi connectivity index (χ1v) is 23.0. The number of nitrogens with zero attached hydrogens (tertiary/aromatic N) is 5. The van der Waals surface area contributed by atoms with Gasteiger partial charge < -0.3 is 4.57 Å². The number of benzene rings is 10. The molecule has 0 atom stereocenters. The fourth-order valence-corrected chi connectivity index (χ4v) is 9.84. The number of aromatic nitrogens is 5. The van der Waals surface area contributed by atoms with Crippen LogP contribution < -0.4 is 0 Å². The Morgan fingerprint density at radius 2 is 0.500 bits per heavy atom. The highest BCUT2D eigenvalue weighted by molar-refractivity contribution is 6.12. The summed E-state index contributed by atoms with van der Waals surface area (Å²) < 4.78 is 4.62. The Morgan fingerprint density at radius 3 is 0.838 bits per heavy atom. The average molecular weight is 868 g/mol. The highest BCUT2D eigenvalue weighted by atomic mass is 15.2. The molecule has 13 rings (SSSR count). The van der Waals surface area contributed by atoms with Crippen LogP contribution in [-0.2, 0) is 0 Å².